The van der Waals surface area contributed by atoms with Gasteiger partial charge in [0.05, 0.1) is 79.7 Å². The predicted molar refractivity (Wildman–Crippen MR) is 358 cm³/mol. The maximum absolute atomic E-state index is 15.1. The Bertz CT molecular complexity index is 2330. The van der Waals surface area contributed by atoms with E-state index < -0.39 is 82.1 Å². The van der Waals surface area contributed by atoms with Crippen molar-refractivity contribution in [3.05, 3.63) is 49.6 Å². The van der Waals surface area contributed by atoms with E-state index in [0.29, 0.717) is 38.5 Å². The Morgan fingerprint density at radius 1 is 0.605 bits per heavy atom. The van der Waals surface area contributed by atoms with Crippen LogP contribution in [0.3, 0.4) is 0 Å². The van der Waals surface area contributed by atoms with Crippen LogP contribution in [0.4, 0.5) is 0 Å². The van der Waals surface area contributed by atoms with Crippen molar-refractivity contribution in [1.29, 1.82) is 0 Å². The number of hydrogen-bond acceptors (Lipinski definition) is 13. The first-order valence-electron chi connectivity index (χ1n) is 33.4. The first-order chi connectivity index (χ1) is 39.4. The number of carbonyl (C=O) groups is 2. The monoisotopic (exact) mass is 1270 g/mol. The average molecular weight is 1270 g/mol. The van der Waals surface area contributed by atoms with Crippen LogP contribution in [0.1, 0.15) is 187 Å². The van der Waals surface area contributed by atoms with Crippen molar-refractivity contribution in [2.45, 2.75) is 364 Å². The molecule has 0 radical (unpaired) electrons. The van der Waals surface area contributed by atoms with Gasteiger partial charge in [-0.25, -0.2) is 0 Å². The molecule has 0 N–H and O–H groups in total. The molecule has 6 saturated heterocycles. The van der Waals surface area contributed by atoms with Gasteiger partial charge in [-0.2, -0.15) is 0 Å². The van der Waals surface area contributed by atoms with Crippen LogP contribution in [0, 0.1) is 11.8 Å². The number of esters is 1. The van der Waals surface area contributed by atoms with E-state index >= 15 is 4.79 Å². The number of hydrogen-bond donors (Lipinski definition) is 0. The van der Waals surface area contributed by atoms with E-state index in [9.17, 15) is 4.79 Å². The maximum Gasteiger partial charge on any atom is 0.308 e. The summed E-state index contributed by atoms with van der Waals surface area (Å²) in [6.45, 7) is 69.3. The second-order valence-electron chi connectivity index (χ2n) is 33.1. The van der Waals surface area contributed by atoms with Gasteiger partial charge in [0.1, 0.15) is 30.5 Å². The highest BCUT2D eigenvalue weighted by Gasteiger charge is 2.59. The van der Waals surface area contributed by atoms with Crippen LogP contribution in [0.15, 0.2) is 49.6 Å². The predicted octanol–water partition coefficient (Wildman–Crippen LogP) is 16.5. The van der Waals surface area contributed by atoms with Gasteiger partial charge in [0.25, 0.3) is 0 Å². The summed E-state index contributed by atoms with van der Waals surface area (Å²) in [5.41, 5.74) is 2.10. The molecule has 6 heterocycles. The second kappa shape index (κ2) is 28.4. The standard InChI is InChI=1S/C69H124O13Si4/c1-28-31-53-56(80-84(22,23)67(11,12)13)42-58-60(76-53)46(7)61(57(75-58)41-55-45(6)43(4)38-49(73-55)34-36-52-44(5)39-48(72-52)33-32-47(70)29-2)78-59(71)40-50-35-37-54-63(74-50)65(82-86(26,27)69(17,18)19)64(81-85(24,25)68(14,15)16)62(77-54)51(30-3)79-83(20,21)66(8,9)10/h29-30,43,46,48-58,60-65H,2-3,5-6,28,31-42H2,1,4,7-27H3/t43-,46+,48+,49+,50-,51+,52?,53?,54+,55?,56-,57+,58?,60+,61?,62+,63?,64-,65+/m1/s1. The van der Waals surface area contributed by atoms with E-state index in [4.69, 9.17) is 50.9 Å². The molecule has 0 saturated carbocycles. The molecule has 494 valence electrons. The second-order valence-corrected chi connectivity index (χ2v) is 52.1. The molecule has 0 aromatic rings. The van der Waals surface area contributed by atoms with Crippen molar-refractivity contribution < 1.29 is 60.5 Å². The summed E-state index contributed by atoms with van der Waals surface area (Å²) in [5, 5.41) is -0.272. The number of ketones is 1. The van der Waals surface area contributed by atoms with Crippen molar-refractivity contribution in [3.63, 3.8) is 0 Å². The summed E-state index contributed by atoms with van der Waals surface area (Å²) in [7, 11) is -9.54. The fourth-order valence-electron chi connectivity index (χ4n) is 12.6. The number of fused-ring (bicyclic) bond motifs is 2. The zero-order valence-electron chi connectivity index (χ0n) is 58.5. The molecule has 6 fully saturated rings. The fourth-order valence-corrected chi connectivity index (χ4v) is 17.8. The van der Waals surface area contributed by atoms with E-state index in [2.05, 4.69) is 183 Å². The summed E-state index contributed by atoms with van der Waals surface area (Å²) < 4.78 is 79.4. The zero-order valence-corrected chi connectivity index (χ0v) is 62.5. The molecular weight excluding hydrogens is 1150 g/mol. The van der Waals surface area contributed by atoms with Crippen molar-refractivity contribution in [1.82, 2.24) is 0 Å². The lowest BCUT2D eigenvalue weighted by molar-refractivity contribution is -0.274. The minimum absolute atomic E-state index is 0.0161. The minimum Gasteiger partial charge on any atom is -0.459 e. The van der Waals surface area contributed by atoms with Gasteiger partial charge < -0.3 is 50.9 Å². The van der Waals surface area contributed by atoms with E-state index in [0.717, 1.165) is 49.7 Å². The molecule has 0 spiro atoms. The molecule has 6 aliphatic heterocycles. The summed E-state index contributed by atoms with van der Waals surface area (Å²) in [5.74, 6) is -0.310. The third-order valence-corrected chi connectivity index (χ3v) is 40.3. The van der Waals surface area contributed by atoms with E-state index in [-0.39, 0.29) is 105 Å². The number of rotatable bonds is 24. The third kappa shape index (κ3) is 17.6. The number of allylic oxidation sites excluding steroid dienone is 1. The first-order valence-corrected chi connectivity index (χ1v) is 45.1. The third-order valence-electron chi connectivity index (χ3n) is 22.3. The van der Waals surface area contributed by atoms with Crippen LogP contribution in [0.5, 0.6) is 0 Å². The van der Waals surface area contributed by atoms with Gasteiger partial charge in [0.2, 0.25) is 0 Å². The molecular formula is C69H124O13Si4. The molecule has 0 aromatic carbocycles. The largest absolute Gasteiger partial charge is 0.459 e. The number of carbonyl (C=O) groups excluding carboxylic acids is 2. The smallest absolute Gasteiger partial charge is 0.308 e. The highest BCUT2D eigenvalue weighted by atomic mass is 28.4. The highest BCUT2D eigenvalue weighted by molar-refractivity contribution is 6.75. The lowest BCUT2D eigenvalue weighted by Crippen LogP contribution is -2.69. The molecule has 0 aliphatic carbocycles. The molecule has 6 unspecified atom stereocenters. The molecule has 0 bridgehead atoms. The molecule has 0 amide bonds. The number of ether oxygens (including phenoxy) is 7. The van der Waals surface area contributed by atoms with Crippen LogP contribution in [-0.2, 0) is 60.5 Å². The zero-order chi connectivity index (χ0) is 64.7. The molecule has 6 aliphatic rings. The van der Waals surface area contributed by atoms with Gasteiger partial charge in [-0.3, -0.25) is 9.59 Å². The van der Waals surface area contributed by atoms with Crippen LogP contribution < -0.4 is 0 Å². The Hall–Kier alpha value is -1.43. The summed E-state index contributed by atoms with van der Waals surface area (Å²) in [6.07, 6.45) is 6.07. The van der Waals surface area contributed by atoms with Crippen LogP contribution in [-0.4, -0.2) is 149 Å². The normalized spacial score (nSPS) is 34.9. The molecule has 17 heteroatoms. The van der Waals surface area contributed by atoms with Gasteiger partial charge in [0.15, 0.2) is 39.1 Å². The van der Waals surface area contributed by atoms with Gasteiger partial charge in [-0.05, 0) is 147 Å². The summed E-state index contributed by atoms with van der Waals surface area (Å²) in [6, 6.07) is 0. The summed E-state index contributed by atoms with van der Waals surface area (Å²) >= 11 is 0. The molecule has 13 nitrogen and oxygen atoms in total. The van der Waals surface area contributed by atoms with Crippen molar-refractivity contribution >= 4 is 45.0 Å². The van der Waals surface area contributed by atoms with Gasteiger partial charge in [0, 0.05) is 25.2 Å². The Kier molecular flexibility index (Phi) is 24.3. The van der Waals surface area contributed by atoms with Crippen molar-refractivity contribution in [2.24, 2.45) is 11.8 Å². The van der Waals surface area contributed by atoms with E-state index in [1.807, 2.05) is 6.08 Å². The Morgan fingerprint density at radius 2 is 1.19 bits per heavy atom. The molecule has 0 aromatic heterocycles. The van der Waals surface area contributed by atoms with Gasteiger partial charge in [-0.1, -0.05) is 136 Å². The van der Waals surface area contributed by atoms with Crippen LogP contribution in [0.2, 0.25) is 72.5 Å². The fraction of sp³-hybridized carbons (Fsp3) is 0.855. The molecule has 19 atom stereocenters. The van der Waals surface area contributed by atoms with Crippen LogP contribution in [0.25, 0.3) is 0 Å². The maximum atomic E-state index is 15.1. The Balaban J connectivity index is 1.29. The lowest BCUT2D eigenvalue weighted by Gasteiger charge is -2.56. The Labute approximate surface area is 527 Å². The van der Waals surface area contributed by atoms with E-state index in [1.165, 1.54) is 6.08 Å². The molecule has 86 heavy (non-hydrogen) atoms. The quantitative estimate of drug-likeness (QED) is 0.0393. The molecule has 6 rings (SSSR count). The average Bonchev–Trinajstić information content (AvgIpc) is 0.881. The SMILES string of the molecule is C=CC(=O)CC[C@H]1CC(=C)C(CC[C@H]2C[C@@H](C)C(=C)C(C[C@@H]3OC4C[C@@H](O[Si](C)(C)C(C)(C)C)C(CCC)O[C@H]4[C@H](C)C3OC(=O)C[C@H]3CC[C@@H]4O[C@@H]([C@H](C=C)O[Si](C)(C)C(C)(C)C)[C@@H](O[Si](C)(C)C(C)(C)C)[C@@H](O[Si](C)(C)C(C)(C)C)C4O3)O2)O1. The van der Waals surface area contributed by atoms with Gasteiger partial charge in [-0.15, -0.1) is 6.58 Å². The van der Waals surface area contributed by atoms with E-state index in [1.54, 1.807) is 0 Å². The van der Waals surface area contributed by atoms with Gasteiger partial charge >= 0.3 is 5.97 Å². The van der Waals surface area contributed by atoms with Crippen molar-refractivity contribution in [3.8, 4) is 0 Å². The highest BCUT2D eigenvalue weighted by Crippen LogP contribution is 2.49. The van der Waals surface area contributed by atoms with Crippen molar-refractivity contribution in [2.75, 3.05) is 0 Å². The summed E-state index contributed by atoms with van der Waals surface area (Å²) in [4.78, 5) is 27.1. The minimum atomic E-state index is -2.51. The first kappa shape index (κ1) is 73.6. The topological polar surface area (TPSA) is 136 Å². The lowest BCUT2D eigenvalue weighted by atomic mass is 9.79. The van der Waals surface area contributed by atoms with Crippen LogP contribution >= 0.6 is 0 Å². The Morgan fingerprint density at radius 3 is 1.76 bits per heavy atom.